The molecular formula is C24H31ClN2. The van der Waals surface area contributed by atoms with Crippen molar-refractivity contribution in [2.24, 2.45) is 5.92 Å². The van der Waals surface area contributed by atoms with E-state index < -0.39 is 0 Å². The van der Waals surface area contributed by atoms with Crippen molar-refractivity contribution in [1.82, 2.24) is 5.32 Å². The first-order chi connectivity index (χ1) is 13.3. The highest BCUT2D eigenvalue weighted by Gasteiger charge is 2.15. The van der Waals surface area contributed by atoms with Crippen LogP contribution in [0.25, 0.3) is 0 Å². The maximum absolute atomic E-state index is 6.53. The van der Waals surface area contributed by atoms with E-state index in [0.29, 0.717) is 0 Å². The Kier molecular flexibility index (Phi) is 6.36. The number of benzene rings is 2. The van der Waals surface area contributed by atoms with E-state index in [-0.39, 0.29) is 0 Å². The third-order valence-electron chi connectivity index (χ3n) is 6.22. The molecule has 2 aromatic carbocycles. The highest BCUT2D eigenvalue weighted by Crippen LogP contribution is 2.31. The second-order valence-electron chi connectivity index (χ2n) is 8.19. The van der Waals surface area contributed by atoms with Crippen molar-refractivity contribution in [3.05, 3.63) is 63.7 Å². The Labute approximate surface area is 168 Å². The van der Waals surface area contributed by atoms with Crippen molar-refractivity contribution in [1.29, 1.82) is 0 Å². The molecule has 2 N–H and O–H groups in total. The summed E-state index contributed by atoms with van der Waals surface area (Å²) in [6.45, 7) is 2.90. The summed E-state index contributed by atoms with van der Waals surface area (Å²) in [5.41, 5.74) is 6.76. The largest absolute Gasteiger partial charge is 0.380 e. The quantitative estimate of drug-likeness (QED) is 0.686. The van der Waals surface area contributed by atoms with Crippen LogP contribution in [0.3, 0.4) is 0 Å². The van der Waals surface area contributed by atoms with Gasteiger partial charge in [-0.25, -0.2) is 0 Å². The smallest absolute Gasteiger partial charge is 0.0640 e. The van der Waals surface area contributed by atoms with Crippen LogP contribution in [0.15, 0.2) is 36.4 Å². The molecule has 0 bridgehead atoms. The van der Waals surface area contributed by atoms with Gasteiger partial charge >= 0.3 is 0 Å². The molecule has 2 aliphatic rings. The molecule has 144 valence electrons. The van der Waals surface area contributed by atoms with Gasteiger partial charge in [-0.15, -0.1) is 0 Å². The lowest BCUT2D eigenvalue weighted by Gasteiger charge is -2.21. The molecule has 0 amide bonds. The van der Waals surface area contributed by atoms with Crippen molar-refractivity contribution < 1.29 is 0 Å². The highest BCUT2D eigenvalue weighted by atomic mass is 35.5. The Hall–Kier alpha value is -1.51. The summed E-state index contributed by atoms with van der Waals surface area (Å²) in [7, 11) is 0. The number of fused-ring (bicyclic) bond motifs is 1. The van der Waals surface area contributed by atoms with Gasteiger partial charge in [-0.1, -0.05) is 74.0 Å². The van der Waals surface area contributed by atoms with Crippen LogP contribution >= 0.6 is 11.6 Å². The minimum Gasteiger partial charge on any atom is -0.380 e. The van der Waals surface area contributed by atoms with E-state index in [1.165, 1.54) is 60.8 Å². The van der Waals surface area contributed by atoms with E-state index >= 15 is 0 Å². The van der Waals surface area contributed by atoms with E-state index in [4.69, 9.17) is 11.6 Å². The fourth-order valence-corrected chi connectivity index (χ4v) is 4.89. The molecule has 1 fully saturated rings. The Bertz CT molecular complexity index is 748. The molecule has 0 aromatic heterocycles. The molecular weight excluding hydrogens is 352 g/mol. The van der Waals surface area contributed by atoms with Gasteiger partial charge < -0.3 is 10.6 Å². The average Bonchev–Trinajstić information content (AvgIpc) is 2.95. The molecule has 1 heterocycles. The predicted molar refractivity (Wildman–Crippen MR) is 116 cm³/mol. The molecule has 27 heavy (non-hydrogen) atoms. The van der Waals surface area contributed by atoms with Crippen LogP contribution in [0.4, 0.5) is 5.69 Å². The van der Waals surface area contributed by atoms with Gasteiger partial charge in [0, 0.05) is 6.54 Å². The van der Waals surface area contributed by atoms with Crippen molar-refractivity contribution in [3.63, 3.8) is 0 Å². The van der Waals surface area contributed by atoms with Gasteiger partial charge in [0.25, 0.3) is 0 Å². The Morgan fingerprint density at radius 2 is 1.63 bits per heavy atom. The lowest BCUT2D eigenvalue weighted by molar-refractivity contribution is 0.356. The van der Waals surface area contributed by atoms with E-state index in [1.54, 1.807) is 0 Å². The van der Waals surface area contributed by atoms with Crippen LogP contribution < -0.4 is 10.6 Å². The summed E-state index contributed by atoms with van der Waals surface area (Å²) in [5.74, 6) is 0.898. The first kappa shape index (κ1) is 18.8. The van der Waals surface area contributed by atoms with Gasteiger partial charge in [-0.2, -0.15) is 0 Å². The number of rotatable bonds is 5. The first-order valence-electron chi connectivity index (χ1n) is 10.6. The summed E-state index contributed by atoms with van der Waals surface area (Å²) in [5, 5.41) is 7.95. The van der Waals surface area contributed by atoms with E-state index in [9.17, 15) is 0 Å². The molecule has 0 atom stereocenters. The summed E-state index contributed by atoms with van der Waals surface area (Å²) in [4.78, 5) is 0. The Balaban J connectivity index is 1.40. The average molecular weight is 383 g/mol. The zero-order valence-corrected chi connectivity index (χ0v) is 17.0. The third-order valence-corrected chi connectivity index (χ3v) is 6.54. The SMILES string of the molecule is Clc1ccc2c(c1NCc1ccc(CC3CCCCC3)cc1)CCNCC2. The Morgan fingerprint density at radius 1 is 0.889 bits per heavy atom. The van der Waals surface area contributed by atoms with E-state index in [1.807, 2.05) is 6.07 Å². The molecule has 0 radical (unpaired) electrons. The number of hydrogen-bond acceptors (Lipinski definition) is 2. The third kappa shape index (κ3) is 4.86. The monoisotopic (exact) mass is 382 g/mol. The first-order valence-corrected chi connectivity index (χ1v) is 11.0. The van der Waals surface area contributed by atoms with Crippen molar-refractivity contribution in [2.75, 3.05) is 18.4 Å². The van der Waals surface area contributed by atoms with Gasteiger partial charge in [0.2, 0.25) is 0 Å². The van der Waals surface area contributed by atoms with E-state index in [2.05, 4.69) is 41.0 Å². The molecule has 4 rings (SSSR count). The fourth-order valence-electron chi connectivity index (χ4n) is 4.64. The topological polar surface area (TPSA) is 24.1 Å². The fraction of sp³-hybridized carbons (Fsp3) is 0.500. The molecule has 0 saturated heterocycles. The van der Waals surface area contributed by atoms with Crippen molar-refractivity contribution in [3.8, 4) is 0 Å². The van der Waals surface area contributed by atoms with Crippen LogP contribution in [0.1, 0.15) is 54.4 Å². The number of anilines is 1. The van der Waals surface area contributed by atoms with E-state index in [0.717, 1.165) is 49.1 Å². The summed E-state index contributed by atoms with van der Waals surface area (Å²) in [6.07, 6.45) is 10.5. The summed E-state index contributed by atoms with van der Waals surface area (Å²) >= 11 is 6.53. The Morgan fingerprint density at radius 3 is 2.44 bits per heavy atom. The summed E-state index contributed by atoms with van der Waals surface area (Å²) in [6, 6.07) is 13.4. The zero-order chi connectivity index (χ0) is 18.5. The van der Waals surface area contributed by atoms with Gasteiger partial charge in [0.05, 0.1) is 10.7 Å². The maximum Gasteiger partial charge on any atom is 0.0640 e. The minimum atomic E-state index is 0.827. The standard InChI is InChI=1S/C24H31ClN2/c25-23-11-10-21-12-14-26-15-13-22(21)24(23)27-17-20-8-6-19(7-9-20)16-18-4-2-1-3-5-18/h6-11,18,26-27H,1-5,12-17H2. The molecule has 1 aliphatic heterocycles. The van der Waals surface area contributed by atoms with Crippen LogP contribution in [0.2, 0.25) is 5.02 Å². The van der Waals surface area contributed by atoms with Crippen LogP contribution in [0.5, 0.6) is 0 Å². The number of hydrogen-bond donors (Lipinski definition) is 2. The molecule has 1 aliphatic carbocycles. The highest BCUT2D eigenvalue weighted by molar-refractivity contribution is 6.33. The molecule has 2 aromatic rings. The van der Waals surface area contributed by atoms with Crippen LogP contribution in [0, 0.1) is 5.92 Å². The molecule has 2 nitrogen and oxygen atoms in total. The van der Waals surface area contributed by atoms with Crippen molar-refractivity contribution >= 4 is 17.3 Å². The maximum atomic E-state index is 6.53. The molecule has 3 heteroatoms. The van der Waals surface area contributed by atoms with Gasteiger partial charge in [0.1, 0.15) is 0 Å². The van der Waals surface area contributed by atoms with Gasteiger partial charge in [-0.05, 0) is 66.6 Å². The lowest BCUT2D eigenvalue weighted by Crippen LogP contribution is -2.16. The molecule has 1 saturated carbocycles. The summed E-state index contributed by atoms with van der Waals surface area (Å²) < 4.78 is 0. The van der Waals surface area contributed by atoms with Gasteiger partial charge in [0.15, 0.2) is 0 Å². The number of halogens is 1. The minimum absolute atomic E-state index is 0.827. The van der Waals surface area contributed by atoms with Crippen LogP contribution in [-0.2, 0) is 25.8 Å². The molecule has 0 unspecified atom stereocenters. The molecule has 0 spiro atoms. The normalized spacial score (nSPS) is 18.0. The van der Waals surface area contributed by atoms with Crippen molar-refractivity contribution in [2.45, 2.75) is 57.9 Å². The number of nitrogens with one attached hydrogen (secondary N) is 2. The predicted octanol–water partition coefficient (Wildman–Crippen LogP) is 5.76. The lowest BCUT2D eigenvalue weighted by atomic mass is 9.85. The second kappa shape index (κ2) is 9.12. The van der Waals surface area contributed by atoms with Gasteiger partial charge in [-0.3, -0.25) is 0 Å². The second-order valence-corrected chi connectivity index (χ2v) is 8.60. The van der Waals surface area contributed by atoms with Crippen LogP contribution in [-0.4, -0.2) is 13.1 Å². The zero-order valence-electron chi connectivity index (χ0n) is 16.2.